The van der Waals surface area contributed by atoms with Gasteiger partial charge in [0.05, 0.1) is 16.8 Å². The number of carbonyl (C=O) groups excluding carboxylic acids is 1. The van der Waals surface area contributed by atoms with Gasteiger partial charge in [-0.25, -0.2) is 4.98 Å². The molecule has 0 saturated carbocycles. The molecule has 1 aromatic heterocycles. The van der Waals surface area contributed by atoms with Crippen LogP contribution >= 0.6 is 11.3 Å². The number of piperidine rings is 1. The number of hydrogen-bond acceptors (Lipinski definition) is 5. The highest BCUT2D eigenvalue weighted by molar-refractivity contribution is 7.22. The van der Waals surface area contributed by atoms with Crippen LogP contribution in [-0.4, -0.2) is 30.6 Å². The van der Waals surface area contributed by atoms with E-state index in [-0.39, 0.29) is 11.8 Å². The second-order valence-electron chi connectivity index (χ2n) is 7.18. The van der Waals surface area contributed by atoms with Crippen molar-refractivity contribution in [3.63, 3.8) is 0 Å². The summed E-state index contributed by atoms with van der Waals surface area (Å²) in [5.74, 6) is 0.961. The lowest BCUT2D eigenvalue weighted by Gasteiger charge is -2.31. The molecule has 1 fully saturated rings. The SMILES string of the molecule is CCOc1ccc(NC(=O)C2CCN(c3nc4ccc(C)cc4s3)CC2)cc1. The number of ether oxygens (including phenoxy) is 1. The van der Waals surface area contributed by atoms with Crippen LogP contribution in [0.1, 0.15) is 25.3 Å². The fraction of sp³-hybridized carbons (Fsp3) is 0.364. The third-order valence-corrected chi connectivity index (χ3v) is 6.18. The standard InChI is InChI=1S/C22H25N3O2S/c1-3-27-18-7-5-17(6-8-18)23-21(26)16-10-12-25(13-11-16)22-24-19-9-4-15(2)14-20(19)28-22/h4-9,14,16H,3,10-13H2,1-2H3,(H,23,26). The molecule has 2 aromatic carbocycles. The number of aryl methyl sites for hydroxylation is 1. The molecule has 1 saturated heterocycles. The first-order chi connectivity index (χ1) is 13.6. The van der Waals surface area contributed by atoms with E-state index >= 15 is 0 Å². The number of nitrogens with zero attached hydrogens (tertiary/aromatic N) is 2. The predicted octanol–water partition coefficient (Wildman–Crippen LogP) is 4.86. The molecule has 28 heavy (non-hydrogen) atoms. The van der Waals surface area contributed by atoms with E-state index in [9.17, 15) is 4.79 Å². The zero-order chi connectivity index (χ0) is 19.5. The minimum Gasteiger partial charge on any atom is -0.494 e. The van der Waals surface area contributed by atoms with Crippen LogP contribution in [0, 0.1) is 12.8 Å². The van der Waals surface area contributed by atoms with Crippen molar-refractivity contribution >= 4 is 38.3 Å². The molecule has 0 bridgehead atoms. The van der Waals surface area contributed by atoms with Crippen LogP contribution in [0.5, 0.6) is 5.75 Å². The number of rotatable bonds is 5. The van der Waals surface area contributed by atoms with Crippen LogP contribution in [0.4, 0.5) is 10.8 Å². The van der Waals surface area contributed by atoms with Crippen LogP contribution in [0.2, 0.25) is 0 Å². The topological polar surface area (TPSA) is 54.5 Å². The van der Waals surface area contributed by atoms with Crippen molar-refractivity contribution < 1.29 is 9.53 Å². The number of anilines is 2. The molecule has 4 rings (SSSR count). The first kappa shape index (κ1) is 18.7. The van der Waals surface area contributed by atoms with Gasteiger partial charge in [0.2, 0.25) is 5.91 Å². The Morgan fingerprint density at radius 1 is 1.21 bits per heavy atom. The number of hydrogen-bond donors (Lipinski definition) is 1. The van der Waals surface area contributed by atoms with Crippen LogP contribution in [0.3, 0.4) is 0 Å². The van der Waals surface area contributed by atoms with E-state index in [1.54, 1.807) is 11.3 Å². The molecule has 6 heteroatoms. The van der Waals surface area contributed by atoms with Crippen molar-refractivity contribution in [3.8, 4) is 5.75 Å². The quantitative estimate of drug-likeness (QED) is 0.670. The molecule has 5 nitrogen and oxygen atoms in total. The summed E-state index contributed by atoms with van der Waals surface area (Å²) in [6.07, 6.45) is 1.69. The number of nitrogens with one attached hydrogen (secondary N) is 1. The predicted molar refractivity (Wildman–Crippen MR) is 116 cm³/mol. The summed E-state index contributed by atoms with van der Waals surface area (Å²) < 4.78 is 6.67. The average molecular weight is 396 g/mol. The van der Waals surface area contributed by atoms with Gasteiger partial charge in [0.25, 0.3) is 0 Å². The van der Waals surface area contributed by atoms with E-state index in [0.29, 0.717) is 6.61 Å². The Labute approximate surface area is 169 Å². The molecule has 0 spiro atoms. The van der Waals surface area contributed by atoms with E-state index in [4.69, 9.17) is 9.72 Å². The van der Waals surface area contributed by atoms with E-state index in [2.05, 4.69) is 35.3 Å². The van der Waals surface area contributed by atoms with Crippen molar-refractivity contribution in [3.05, 3.63) is 48.0 Å². The Morgan fingerprint density at radius 2 is 1.96 bits per heavy atom. The van der Waals surface area contributed by atoms with Gasteiger partial charge in [-0.1, -0.05) is 17.4 Å². The zero-order valence-corrected chi connectivity index (χ0v) is 17.1. The lowest BCUT2D eigenvalue weighted by atomic mass is 9.96. The van der Waals surface area contributed by atoms with Crippen LogP contribution in [0.25, 0.3) is 10.2 Å². The molecule has 0 atom stereocenters. The number of benzene rings is 2. The summed E-state index contributed by atoms with van der Waals surface area (Å²) in [7, 11) is 0. The molecule has 0 aliphatic carbocycles. The molecule has 3 aromatic rings. The van der Waals surface area contributed by atoms with Gasteiger partial charge < -0.3 is 15.0 Å². The van der Waals surface area contributed by atoms with Gasteiger partial charge in [0, 0.05) is 24.7 Å². The van der Waals surface area contributed by atoms with Crippen LogP contribution < -0.4 is 15.0 Å². The maximum atomic E-state index is 12.6. The van der Waals surface area contributed by atoms with E-state index in [0.717, 1.165) is 48.0 Å². The monoisotopic (exact) mass is 395 g/mol. The van der Waals surface area contributed by atoms with E-state index < -0.39 is 0 Å². The second kappa shape index (κ2) is 8.19. The fourth-order valence-electron chi connectivity index (χ4n) is 3.53. The van der Waals surface area contributed by atoms with Crippen molar-refractivity contribution in [1.82, 2.24) is 4.98 Å². The highest BCUT2D eigenvalue weighted by atomic mass is 32.1. The smallest absolute Gasteiger partial charge is 0.227 e. The van der Waals surface area contributed by atoms with Gasteiger partial charge in [0.1, 0.15) is 5.75 Å². The Balaban J connectivity index is 1.34. The Kier molecular flexibility index (Phi) is 5.48. The highest BCUT2D eigenvalue weighted by Gasteiger charge is 2.26. The molecule has 146 valence electrons. The molecule has 0 radical (unpaired) electrons. The highest BCUT2D eigenvalue weighted by Crippen LogP contribution is 2.32. The van der Waals surface area contributed by atoms with Gasteiger partial charge in [-0.2, -0.15) is 0 Å². The number of amides is 1. The normalized spacial score (nSPS) is 15.0. The molecule has 1 aliphatic rings. The average Bonchev–Trinajstić information content (AvgIpc) is 3.13. The van der Waals surface area contributed by atoms with Crippen molar-refractivity contribution in [2.75, 3.05) is 29.9 Å². The first-order valence-corrected chi connectivity index (χ1v) is 10.6. The third-order valence-electron chi connectivity index (χ3n) is 5.10. The van der Waals surface area contributed by atoms with Crippen molar-refractivity contribution in [2.45, 2.75) is 26.7 Å². The Hall–Kier alpha value is -2.60. The summed E-state index contributed by atoms with van der Waals surface area (Å²) in [5, 5.41) is 4.10. The van der Waals surface area contributed by atoms with Crippen LogP contribution in [0.15, 0.2) is 42.5 Å². The lowest BCUT2D eigenvalue weighted by Crippen LogP contribution is -2.38. The maximum absolute atomic E-state index is 12.6. The molecular formula is C22H25N3O2S. The molecule has 1 amide bonds. The van der Waals surface area contributed by atoms with Crippen molar-refractivity contribution in [2.24, 2.45) is 5.92 Å². The van der Waals surface area contributed by atoms with E-state index in [1.807, 2.05) is 31.2 Å². The summed E-state index contributed by atoms with van der Waals surface area (Å²) in [5.41, 5.74) is 3.13. The van der Waals surface area contributed by atoms with Crippen molar-refractivity contribution in [1.29, 1.82) is 0 Å². The fourth-order valence-corrected chi connectivity index (χ4v) is 4.65. The number of aromatic nitrogens is 1. The number of thiazole rings is 1. The molecule has 1 aliphatic heterocycles. The third kappa shape index (κ3) is 4.12. The summed E-state index contributed by atoms with van der Waals surface area (Å²) in [6, 6.07) is 13.9. The minimum atomic E-state index is 0.0411. The summed E-state index contributed by atoms with van der Waals surface area (Å²) in [4.78, 5) is 19.7. The van der Waals surface area contributed by atoms with Crippen LogP contribution in [-0.2, 0) is 4.79 Å². The largest absolute Gasteiger partial charge is 0.494 e. The molecule has 2 heterocycles. The zero-order valence-electron chi connectivity index (χ0n) is 16.3. The van der Waals surface area contributed by atoms with Gasteiger partial charge in [-0.3, -0.25) is 4.79 Å². The minimum absolute atomic E-state index is 0.0411. The lowest BCUT2D eigenvalue weighted by molar-refractivity contribution is -0.120. The second-order valence-corrected chi connectivity index (χ2v) is 8.18. The Morgan fingerprint density at radius 3 is 2.68 bits per heavy atom. The maximum Gasteiger partial charge on any atom is 0.227 e. The summed E-state index contributed by atoms with van der Waals surface area (Å²) in [6.45, 7) is 6.42. The van der Waals surface area contributed by atoms with Gasteiger partial charge in [0.15, 0.2) is 5.13 Å². The number of fused-ring (bicyclic) bond motifs is 1. The summed E-state index contributed by atoms with van der Waals surface area (Å²) >= 11 is 1.74. The van der Waals surface area contributed by atoms with Gasteiger partial charge in [-0.05, 0) is 68.7 Å². The van der Waals surface area contributed by atoms with E-state index in [1.165, 1.54) is 10.3 Å². The number of carbonyl (C=O) groups is 1. The van der Waals surface area contributed by atoms with Gasteiger partial charge in [-0.15, -0.1) is 0 Å². The van der Waals surface area contributed by atoms with Gasteiger partial charge >= 0.3 is 0 Å². The molecular weight excluding hydrogens is 370 g/mol. The molecule has 1 N–H and O–H groups in total. The first-order valence-electron chi connectivity index (χ1n) is 9.78. The Bertz CT molecular complexity index is 960. The molecule has 0 unspecified atom stereocenters.